The molecule has 6 rings (SSSR count). The molecule has 0 fully saturated rings. The molecule has 0 spiro atoms. The normalized spacial score (nSPS) is 11.9. The molecule has 0 amide bonds. The smallest absolute Gasteiger partial charge is 0.0361 e. The first-order chi connectivity index (χ1) is 19.5. The van der Waals surface area contributed by atoms with Crippen molar-refractivity contribution in [3.05, 3.63) is 156 Å². The Kier molecular flexibility index (Phi) is 6.84. The van der Waals surface area contributed by atoms with Crippen molar-refractivity contribution < 1.29 is 0 Å². The van der Waals surface area contributed by atoms with Gasteiger partial charge in [-0.3, -0.25) is 0 Å². The Labute approximate surface area is 238 Å². The fourth-order valence-corrected chi connectivity index (χ4v) is 5.59. The summed E-state index contributed by atoms with van der Waals surface area (Å²) in [5.74, 6) is 0. The second-order valence-corrected chi connectivity index (χ2v) is 10.7. The highest BCUT2D eigenvalue weighted by atomic mass is 15.1. The van der Waals surface area contributed by atoms with E-state index in [1.165, 1.54) is 67.0 Å². The van der Waals surface area contributed by atoms with Crippen LogP contribution in [0.25, 0.3) is 33.4 Å². The van der Waals surface area contributed by atoms with Crippen LogP contribution in [0.3, 0.4) is 0 Å². The number of nitrogens with zero attached hydrogens (tertiary/aromatic N) is 2. The molecule has 0 unspecified atom stereocenters. The van der Waals surface area contributed by atoms with Crippen LogP contribution >= 0.6 is 0 Å². The summed E-state index contributed by atoms with van der Waals surface area (Å²) in [6.07, 6.45) is 0. The Balaban J connectivity index is 1.72. The summed E-state index contributed by atoms with van der Waals surface area (Å²) in [5.41, 5.74) is 14.7. The van der Waals surface area contributed by atoms with Gasteiger partial charge in [-0.25, -0.2) is 0 Å². The molecule has 4 aliphatic carbocycles. The molecule has 2 aromatic carbocycles. The molecule has 0 bridgehead atoms. The summed E-state index contributed by atoms with van der Waals surface area (Å²) >= 11 is 0. The van der Waals surface area contributed by atoms with Gasteiger partial charge >= 0.3 is 0 Å². The highest BCUT2D eigenvalue weighted by Gasteiger charge is 2.23. The fourth-order valence-electron chi connectivity index (χ4n) is 5.59. The molecule has 0 atom stereocenters. The molecule has 0 radical (unpaired) electrons. The number of anilines is 2. The predicted octanol–water partition coefficient (Wildman–Crippen LogP) is 9.04. The van der Waals surface area contributed by atoms with Gasteiger partial charge in [-0.05, 0) is 79.9 Å². The summed E-state index contributed by atoms with van der Waals surface area (Å²) in [6, 6.07) is 48.6. The molecular formula is C38H34N2. The average Bonchev–Trinajstić information content (AvgIpc) is 3.35. The molecule has 40 heavy (non-hydrogen) atoms. The van der Waals surface area contributed by atoms with E-state index in [0.717, 1.165) is 0 Å². The van der Waals surface area contributed by atoms with Crippen LogP contribution in [0.15, 0.2) is 133 Å². The van der Waals surface area contributed by atoms with Crippen LogP contribution in [0.2, 0.25) is 0 Å². The zero-order chi connectivity index (χ0) is 27.6. The van der Waals surface area contributed by atoms with Crippen LogP contribution in [-0.4, -0.2) is 28.2 Å². The molecule has 0 aromatic heterocycles. The zero-order valence-electron chi connectivity index (χ0n) is 23.6. The maximum Gasteiger partial charge on any atom is 0.0361 e. The molecule has 4 aliphatic rings. The lowest BCUT2D eigenvalue weighted by Crippen LogP contribution is -2.08. The summed E-state index contributed by atoms with van der Waals surface area (Å²) in [5, 5.41) is 0. The van der Waals surface area contributed by atoms with Gasteiger partial charge in [0.25, 0.3) is 0 Å². The van der Waals surface area contributed by atoms with Crippen molar-refractivity contribution in [1.82, 2.24) is 0 Å². The molecule has 0 N–H and O–H groups in total. The Morgan fingerprint density at radius 1 is 0.375 bits per heavy atom. The number of rotatable bonds is 6. The Bertz CT molecular complexity index is 1590. The third-order valence-electron chi connectivity index (χ3n) is 7.72. The summed E-state index contributed by atoms with van der Waals surface area (Å²) < 4.78 is 0. The van der Waals surface area contributed by atoms with Gasteiger partial charge in [-0.1, -0.05) is 109 Å². The van der Waals surface area contributed by atoms with Crippen LogP contribution in [-0.2, 0) is 0 Å². The second-order valence-electron chi connectivity index (χ2n) is 10.7. The van der Waals surface area contributed by atoms with Crippen molar-refractivity contribution in [2.75, 3.05) is 38.0 Å². The minimum Gasteiger partial charge on any atom is -0.378 e. The highest BCUT2D eigenvalue weighted by molar-refractivity contribution is 6.10. The average molecular weight is 519 g/mol. The second kappa shape index (κ2) is 10.7. The van der Waals surface area contributed by atoms with E-state index in [1.807, 2.05) is 0 Å². The third-order valence-corrected chi connectivity index (χ3v) is 7.72. The SMILES string of the molecule is CN(C)c1ccc(/C(=C(/c2ccc(N(C)C)cc2)c2ccc3cccccc2-3)c2ccc3cccccc2-3)cc1. The fraction of sp³-hybridized carbons (Fsp3) is 0.105. The van der Waals surface area contributed by atoms with E-state index >= 15 is 0 Å². The molecule has 0 heterocycles. The van der Waals surface area contributed by atoms with Gasteiger partial charge in [0.2, 0.25) is 0 Å². The van der Waals surface area contributed by atoms with Crippen LogP contribution in [0, 0.1) is 0 Å². The van der Waals surface area contributed by atoms with Crippen LogP contribution in [0.4, 0.5) is 11.4 Å². The van der Waals surface area contributed by atoms with Gasteiger partial charge in [0.05, 0.1) is 0 Å². The van der Waals surface area contributed by atoms with Crippen molar-refractivity contribution in [3.8, 4) is 22.3 Å². The van der Waals surface area contributed by atoms with Gasteiger partial charge in [-0.15, -0.1) is 0 Å². The third kappa shape index (κ3) is 4.74. The lowest BCUT2D eigenvalue weighted by molar-refractivity contribution is 1.13. The van der Waals surface area contributed by atoms with Crippen molar-refractivity contribution in [2.45, 2.75) is 0 Å². The Morgan fingerprint density at radius 3 is 1.12 bits per heavy atom. The van der Waals surface area contributed by atoms with Crippen molar-refractivity contribution >= 4 is 22.5 Å². The van der Waals surface area contributed by atoms with E-state index in [1.54, 1.807) is 0 Å². The first-order valence-corrected chi connectivity index (χ1v) is 13.8. The number of benzene rings is 2. The van der Waals surface area contributed by atoms with Crippen LogP contribution in [0.5, 0.6) is 0 Å². The Hall–Kier alpha value is -4.82. The maximum atomic E-state index is 2.29. The van der Waals surface area contributed by atoms with Crippen LogP contribution in [0.1, 0.15) is 22.3 Å². The van der Waals surface area contributed by atoms with E-state index in [4.69, 9.17) is 0 Å². The summed E-state index contributed by atoms with van der Waals surface area (Å²) in [7, 11) is 8.35. The highest BCUT2D eigenvalue weighted by Crippen LogP contribution is 2.45. The van der Waals surface area contributed by atoms with E-state index in [9.17, 15) is 0 Å². The minimum absolute atomic E-state index is 1.18. The van der Waals surface area contributed by atoms with E-state index < -0.39 is 0 Å². The topological polar surface area (TPSA) is 6.48 Å². The standard InChI is InChI=1S/C38H34N2/c1-39(2)31-21-15-29(16-22-31)37(35-25-19-27-11-7-5-9-13-33(27)35)38(30-17-23-32(24-18-30)40(3)4)36-26-20-28-12-8-6-10-14-34(28)36/h5-26H,1-4H3/b38-37+. The lowest BCUT2D eigenvalue weighted by Gasteiger charge is -2.21. The van der Waals surface area contributed by atoms with Gasteiger partial charge in [0.1, 0.15) is 0 Å². The largest absolute Gasteiger partial charge is 0.378 e. The summed E-state index contributed by atoms with van der Waals surface area (Å²) in [6.45, 7) is 0. The summed E-state index contributed by atoms with van der Waals surface area (Å²) in [4.78, 5) is 4.30. The number of hydrogen-bond acceptors (Lipinski definition) is 2. The van der Waals surface area contributed by atoms with Gasteiger partial charge in [0.15, 0.2) is 0 Å². The monoisotopic (exact) mass is 518 g/mol. The molecule has 2 heteroatoms. The van der Waals surface area contributed by atoms with Crippen molar-refractivity contribution in [2.24, 2.45) is 0 Å². The molecular weight excluding hydrogens is 484 g/mol. The van der Waals surface area contributed by atoms with E-state index in [0.29, 0.717) is 0 Å². The molecule has 0 aliphatic heterocycles. The first-order valence-electron chi connectivity index (χ1n) is 13.8. The number of fused-ring (bicyclic) bond motifs is 2. The van der Waals surface area contributed by atoms with Crippen molar-refractivity contribution in [1.29, 1.82) is 0 Å². The maximum absolute atomic E-state index is 2.29. The van der Waals surface area contributed by atoms with E-state index in [2.05, 4.69) is 171 Å². The number of hydrogen-bond donors (Lipinski definition) is 0. The first kappa shape index (κ1) is 25.5. The van der Waals surface area contributed by atoms with E-state index in [-0.39, 0.29) is 0 Å². The molecule has 2 aromatic rings. The molecule has 196 valence electrons. The van der Waals surface area contributed by atoms with Gasteiger partial charge in [-0.2, -0.15) is 0 Å². The molecule has 2 nitrogen and oxygen atoms in total. The predicted molar refractivity (Wildman–Crippen MR) is 173 cm³/mol. The Morgan fingerprint density at radius 2 is 0.750 bits per heavy atom. The lowest BCUT2D eigenvalue weighted by atomic mass is 9.84. The zero-order valence-corrected chi connectivity index (χ0v) is 23.6. The van der Waals surface area contributed by atoms with Crippen molar-refractivity contribution in [3.63, 3.8) is 0 Å². The van der Waals surface area contributed by atoms with Crippen LogP contribution < -0.4 is 9.80 Å². The molecule has 0 saturated carbocycles. The minimum atomic E-state index is 1.18. The molecule has 0 saturated heterocycles. The quantitative estimate of drug-likeness (QED) is 0.203. The van der Waals surface area contributed by atoms with Gasteiger partial charge < -0.3 is 9.80 Å². The van der Waals surface area contributed by atoms with Gasteiger partial charge in [0, 0.05) is 39.6 Å².